The molecule has 0 unspecified atom stereocenters. The molecule has 1 saturated heterocycles. The zero-order valence-corrected chi connectivity index (χ0v) is 13.9. The van der Waals surface area contributed by atoms with E-state index in [4.69, 9.17) is 14.1 Å². The highest BCUT2D eigenvalue weighted by Crippen LogP contribution is 2.23. The van der Waals surface area contributed by atoms with E-state index >= 15 is 0 Å². The maximum absolute atomic E-state index is 14.2. The van der Waals surface area contributed by atoms with E-state index in [0.717, 1.165) is 13.1 Å². The Morgan fingerprint density at radius 1 is 1.15 bits per heavy atom. The van der Waals surface area contributed by atoms with E-state index in [9.17, 15) is 4.39 Å². The molecule has 1 aliphatic heterocycles. The van der Waals surface area contributed by atoms with E-state index in [2.05, 4.69) is 15.1 Å². The lowest BCUT2D eigenvalue weighted by Gasteiger charge is -2.35. The lowest BCUT2D eigenvalue weighted by atomic mass is 10.2. The molecule has 0 aliphatic carbocycles. The summed E-state index contributed by atoms with van der Waals surface area (Å²) in [7, 11) is 0. The van der Waals surface area contributed by atoms with Crippen LogP contribution >= 0.6 is 0 Å². The predicted octanol–water partition coefficient (Wildman–Crippen LogP) is 2.66. The highest BCUT2D eigenvalue weighted by atomic mass is 19.1. The summed E-state index contributed by atoms with van der Waals surface area (Å²) in [5.74, 6) is 1.07. The third kappa shape index (κ3) is 3.30. The quantitative estimate of drug-likeness (QED) is 0.713. The van der Waals surface area contributed by atoms with Crippen LogP contribution in [-0.4, -0.2) is 41.3 Å². The number of nitrogens with zero attached hydrogens (tertiary/aromatic N) is 5. The second-order valence-electron chi connectivity index (χ2n) is 6.02. The van der Waals surface area contributed by atoms with Gasteiger partial charge in [-0.15, -0.1) is 10.2 Å². The number of nitriles is 1. The summed E-state index contributed by atoms with van der Waals surface area (Å²) in [6.45, 7) is 3.40. The van der Waals surface area contributed by atoms with Crippen LogP contribution in [0.15, 0.2) is 45.4 Å². The average Bonchev–Trinajstić information content (AvgIpc) is 3.34. The molecule has 7 nitrogen and oxygen atoms in total. The second-order valence-corrected chi connectivity index (χ2v) is 6.02. The fraction of sp³-hybridized carbons (Fsp3) is 0.278. The molecule has 0 atom stereocenters. The lowest BCUT2D eigenvalue weighted by Crippen LogP contribution is -2.46. The molecule has 3 heterocycles. The SMILES string of the molecule is N#Cc1ccc(N2CCN(Cc3nnc(-c4ccco4)o3)CC2)c(F)c1. The predicted molar refractivity (Wildman–Crippen MR) is 90.6 cm³/mol. The van der Waals surface area contributed by atoms with Gasteiger partial charge in [0.05, 0.1) is 30.1 Å². The molecule has 3 aromatic rings. The molecular weight excluding hydrogens is 337 g/mol. The third-order valence-electron chi connectivity index (χ3n) is 4.35. The molecule has 0 radical (unpaired) electrons. The van der Waals surface area contributed by atoms with Crippen molar-refractivity contribution in [1.29, 1.82) is 5.26 Å². The molecule has 0 amide bonds. The Kier molecular flexibility index (Phi) is 4.37. The molecule has 1 fully saturated rings. The Balaban J connectivity index is 1.36. The third-order valence-corrected chi connectivity index (χ3v) is 4.35. The second kappa shape index (κ2) is 6.98. The highest BCUT2D eigenvalue weighted by molar-refractivity contribution is 5.51. The van der Waals surface area contributed by atoms with Crippen LogP contribution in [0, 0.1) is 17.1 Å². The van der Waals surface area contributed by atoms with Crippen LogP contribution in [0.2, 0.25) is 0 Å². The summed E-state index contributed by atoms with van der Waals surface area (Å²) in [6, 6.07) is 10.1. The molecule has 0 spiro atoms. The molecule has 8 heteroatoms. The number of hydrogen-bond donors (Lipinski definition) is 0. The molecule has 1 aliphatic rings. The van der Waals surface area contributed by atoms with Crippen LogP contribution < -0.4 is 4.90 Å². The van der Waals surface area contributed by atoms with Crippen molar-refractivity contribution >= 4 is 5.69 Å². The summed E-state index contributed by atoms with van der Waals surface area (Å²) in [4.78, 5) is 4.16. The largest absolute Gasteiger partial charge is 0.459 e. The summed E-state index contributed by atoms with van der Waals surface area (Å²) >= 11 is 0. The monoisotopic (exact) mass is 353 g/mol. The minimum Gasteiger partial charge on any atom is -0.459 e. The molecule has 4 rings (SSSR count). The van der Waals surface area contributed by atoms with Gasteiger partial charge in [0.1, 0.15) is 5.82 Å². The van der Waals surface area contributed by atoms with Gasteiger partial charge in [-0.2, -0.15) is 5.26 Å². The van der Waals surface area contributed by atoms with Crippen LogP contribution in [0.25, 0.3) is 11.7 Å². The number of benzene rings is 1. The van der Waals surface area contributed by atoms with E-state index in [1.807, 2.05) is 11.0 Å². The smallest absolute Gasteiger partial charge is 0.283 e. The minimum atomic E-state index is -0.363. The molecule has 1 aromatic carbocycles. The van der Waals surface area contributed by atoms with E-state index in [1.54, 1.807) is 30.5 Å². The van der Waals surface area contributed by atoms with Gasteiger partial charge in [0.15, 0.2) is 5.76 Å². The van der Waals surface area contributed by atoms with Crippen molar-refractivity contribution in [3.05, 3.63) is 53.9 Å². The highest BCUT2D eigenvalue weighted by Gasteiger charge is 2.21. The van der Waals surface area contributed by atoms with Crippen molar-refractivity contribution in [2.75, 3.05) is 31.1 Å². The Morgan fingerprint density at radius 3 is 2.69 bits per heavy atom. The van der Waals surface area contributed by atoms with Gasteiger partial charge >= 0.3 is 0 Å². The Hall–Kier alpha value is -3.18. The van der Waals surface area contributed by atoms with Crippen molar-refractivity contribution in [3.63, 3.8) is 0 Å². The molecule has 0 N–H and O–H groups in total. The first kappa shape index (κ1) is 16.3. The number of piperazine rings is 1. The van der Waals surface area contributed by atoms with Gasteiger partial charge in [-0.1, -0.05) is 0 Å². The summed E-state index contributed by atoms with van der Waals surface area (Å²) in [5, 5.41) is 16.9. The first-order valence-corrected chi connectivity index (χ1v) is 8.26. The topological polar surface area (TPSA) is 82.3 Å². The molecular formula is C18H16FN5O2. The first-order chi connectivity index (χ1) is 12.7. The van der Waals surface area contributed by atoms with Gasteiger partial charge in [0.25, 0.3) is 5.89 Å². The van der Waals surface area contributed by atoms with E-state index in [-0.39, 0.29) is 5.82 Å². The van der Waals surface area contributed by atoms with Crippen molar-refractivity contribution in [3.8, 4) is 17.7 Å². The lowest BCUT2D eigenvalue weighted by molar-refractivity contribution is 0.226. The maximum atomic E-state index is 14.2. The van der Waals surface area contributed by atoms with Gasteiger partial charge in [0, 0.05) is 26.2 Å². The van der Waals surface area contributed by atoms with Gasteiger partial charge in [0.2, 0.25) is 5.89 Å². The summed E-state index contributed by atoms with van der Waals surface area (Å²) in [6.07, 6.45) is 1.56. The zero-order valence-electron chi connectivity index (χ0n) is 13.9. The average molecular weight is 353 g/mol. The summed E-state index contributed by atoms with van der Waals surface area (Å²) < 4.78 is 25.0. The van der Waals surface area contributed by atoms with Crippen LogP contribution in [0.4, 0.5) is 10.1 Å². The van der Waals surface area contributed by atoms with E-state index in [1.165, 1.54) is 6.07 Å². The fourth-order valence-corrected chi connectivity index (χ4v) is 2.99. The molecule has 132 valence electrons. The van der Waals surface area contributed by atoms with E-state index in [0.29, 0.717) is 48.4 Å². The zero-order chi connectivity index (χ0) is 17.9. The maximum Gasteiger partial charge on any atom is 0.283 e. The number of aromatic nitrogens is 2. The van der Waals surface area contributed by atoms with Gasteiger partial charge in [-0.25, -0.2) is 4.39 Å². The van der Waals surface area contributed by atoms with E-state index < -0.39 is 0 Å². The number of rotatable bonds is 4. The summed E-state index contributed by atoms with van der Waals surface area (Å²) in [5.41, 5.74) is 0.857. The van der Waals surface area contributed by atoms with Gasteiger partial charge in [-0.05, 0) is 30.3 Å². The molecule has 0 saturated carbocycles. The van der Waals surface area contributed by atoms with Gasteiger partial charge in [-0.3, -0.25) is 4.90 Å². The van der Waals surface area contributed by atoms with Crippen molar-refractivity contribution in [2.24, 2.45) is 0 Å². The Bertz CT molecular complexity index is 923. The van der Waals surface area contributed by atoms with Crippen LogP contribution in [0.3, 0.4) is 0 Å². The molecule has 2 aromatic heterocycles. The van der Waals surface area contributed by atoms with Crippen LogP contribution in [0.1, 0.15) is 11.5 Å². The Labute approximate surface area is 149 Å². The van der Waals surface area contributed by atoms with Gasteiger partial charge < -0.3 is 13.7 Å². The van der Waals surface area contributed by atoms with Crippen LogP contribution in [0.5, 0.6) is 0 Å². The number of anilines is 1. The number of furan rings is 1. The first-order valence-electron chi connectivity index (χ1n) is 8.26. The van der Waals surface area contributed by atoms with Crippen molar-refractivity contribution in [1.82, 2.24) is 15.1 Å². The normalized spacial score (nSPS) is 15.2. The molecule has 26 heavy (non-hydrogen) atoms. The molecule has 0 bridgehead atoms. The van der Waals surface area contributed by atoms with Crippen molar-refractivity contribution < 1.29 is 13.2 Å². The standard InChI is InChI=1S/C18H16FN5O2/c19-14-10-13(11-20)3-4-15(14)24-7-5-23(6-8-24)12-17-21-22-18(26-17)16-2-1-9-25-16/h1-4,9-10H,5-8,12H2. The van der Waals surface area contributed by atoms with Crippen molar-refractivity contribution in [2.45, 2.75) is 6.54 Å². The number of hydrogen-bond acceptors (Lipinski definition) is 7. The Morgan fingerprint density at radius 2 is 2.00 bits per heavy atom. The number of halogens is 1. The van der Waals surface area contributed by atoms with Crippen LogP contribution in [-0.2, 0) is 6.54 Å². The fourth-order valence-electron chi connectivity index (χ4n) is 2.99. The minimum absolute atomic E-state index is 0.327.